The zero-order chi connectivity index (χ0) is 28.4. The Hall–Kier alpha value is -2.56. The monoisotopic (exact) mass is 583 g/mol. The van der Waals surface area contributed by atoms with Crippen molar-refractivity contribution in [3.8, 4) is 0 Å². The summed E-state index contributed by atoms with van der Waals surface area (Å²) in [6, 6.07) is 1.80. The fraction of sp³-hybridized carbons (Fsp3) is 0.538. The molecule has 9 nitrogen and oxygen atoms in total. The standard InChI is InChI=1S/C26H35Cl2N5O4S/c1-5-12(3)19(22(29)38)31-24(35)26(33-23(34)20(13(4)6-2)32-25(36)37)8-7-18-16(11-26)15-9-14(27)10-17(28)21(15)30-18/h9-10,12-13,19-20,30,32H,5-8,11H2,1-4H3,(H2,29,38)(H,31,35)(H,33,34)(H,36,37)/t12-,13?,19-,20?,26+/m0/s1. The summed E-state index contributed by atoms with van der Waals surface area (Å²) in [5.41, 5.74) is 7.01. The van der Waals surface area contributed by atoms with Crippen LogP contribution in [0.15, 0.2) is 12.1 Å². The lowest BCUT2D eigenvalue weighted by atomic mass is 9.78. The van der Waals surface area contributed by atoms with E-state index in [1.54, 1.807) is 19.1 Å². The van der Waals surface area contributed by atoms with Gasteiger partial charge in [0.05, 0.1) is 21.6 Å². The highest BCUT2D eigenvalue weighted by Gasteiger charge is 2.46. The summed E-state index contributed by atoms with van der Waals surface area (Å²) in [7, 11) is 0. The van der Waals surface area contributed by atoms with Crippen LogP contribution in [0.25, 0.3) is 10.9 Å². The molecule has 0 saturated carbocycles. The van der Waals surface area contributed by atoms with Crippen molar-refractivity contribution in [3.05, 3.63) is 33.4 Å². The second-order valence-corrected chi connectivity index (χ2v) is 11.5. The predicted molar refractivity (Wildman–Crippen MR) is 154 cm³/mol. The van der Waals surface area contributed by atoms with Gasteiger partial charge in [-0.2, -0.15) is 0 Å². The van der Waals surface area contributed by atoms with Crippen molar-refractivity contribution in [3.63, 3.8) is 0 Å². The lowest BCUT2D eigenvalue weighted by Gasteiger charge is -2.39. The summed E-state index contributed by atoms with van der Waals surface area (Å²) in [5.74, 6) is -1.35. The first kappa shape index (κ1) is 30.0. The molecule has 0 aliphatic heterocycles. The van der Waals surface area contributed by atoms with Gasteiger partial charge in [-0.15, -0.1) is 0 Å². The minimum atomic E-state index is -1.39. The molecule has 0 spiro atoms. The molecule has 0 saturated heterocycles. The van der Waals surface area contributed by atoms with Crippen LogP contribution >= 0.6 is 35.4 Å². The molecule has 0 radical (unpaired) electrons. The van der Waals surface area contributed by atoms with Crippen molar-refractivity contribution < 1.29 is 19.5 Å². The van der Waals surface area contributed by atoms with Crippen molar-refractivity contribution in [2.24, 2.45) is 17.6 Å². The number of nitrogens with one attached hydrogen (secondary N) is 4. The Morgan fingerprint density at radius 3 is 2.34 bits per heavy atom. The minimum Gasteiger partial charge on any atom is -0.465 e. The van der Waals surface area contributed by atoms with Crippen LogP contribution in [0, 0.1) is 11.8 Å². The number of carboxylic acid groups (broad SMARTS) is 1. The van der Waals surface area contributed by atoms with Gasteiger partial charge >= 0.3 is 6.09 Å². The average Bonchev–Trinajstić information content (AvgIpc) is 3.22. The van der Waals surface area contributed by atoms with E-state index in [2.05, 4.69) is 20.9 Å². The fourth-order valence-electron chi connectivity index (χ4n) is 4.99. The number of thiocarbonyl (C=S) groups is 1. The van der Waals surface area contributed by atoms with Crippen molar-refractivity contribution in [1.82, 2.24) is 20.9 Å². The molecule has 5 atom stereocenters. The number of rotatable bonds is 10. The number of amides is 3. The van der Waals surface area contributed by atoms with Gasteiger partial charge in [0.1, 0.15) is 11.6 Å². The van der Waals surface area contributed by atoms with E-state index in [0.717, 1.165) is 23.1 Å². The second kappa shape index (κ2) is 12.1. The molecule has 2 unspecified atom stereocenters. The smallest absolute Gasteiger partial charge is 0.405 e. The van der Waals surface area contributed by atoms with E-state index in [1.807, 2.05) is 20.8 Å². The zero-order valence-corrected chi connectivity index (χ0v) is 24.2. The number of hydrogen-bond acceptors (Lipinski definition) is 4. The molecule has 0 bridgehead atoms. The van der Waals surface area contributed by atoms with Crippen LogP contribution in [0.2, 0.25) is 10.0 Å². The van der Waals surface area contributed by atoms with Crippen molar-refractivity contribution >= 4 is 69.2 Å². The Morgan fingerprint density at radius 2 is 1.76 bits per heavy atom. The highest BCUT2D eigenvalue weighted by Crippen LogP contribution is 2.38. The Labute approximate surface area is 237 Å². The predicted octanol–water partition coefficient (Wildman–Crippen LogP) is 4.32. The molecule has 1 aromatic carbocycles. The number of nitrogens with two attached hydrogens (primary N) is 1. The molecule has 1 heterocycles. The van der Waals surface area contributed by atoms with E-state index in [-0.39, 0.29) is 29.7 Å². The van der Waals surface area contributed by atoms with Gasteiger partial charge in [-0.05, 0) is 42.4 Å². The van der Waals surface area contributed by atoms with Gasteiger partial charge in [-0.1, -0.05) is 76.0 Å². The topological polar surface area (TPSA) is 149 Å². The highest BCUT2D eigenvalue weighted by molar-refractivity contribution is 7.80. The molecule has 12 heteroatoms. The lowest BCUT2D eigenvalue weighted by molar-refractivity contribution is -0.136. The number of H-pyrrole nitrogens is 1. The van der Waals surface area contributed by atoms with E-state index < -0.39 is 35.5 Å². The highest BCUT2D eigenvalue weighted by atomic mass is 35.5. The van der Waals surface area contributed by atoms with E-state index in [0.29, 0.717) is 28.4 Å². The molecular formula is C26H35Cl2N5O4S. The normalized spacial score (nSPS) is 20.1. The molecular weight excluding hydrogens is 549 g/mol. The molecule has 1 aliphatic carbocycles. The van der Waals surface area contributed by atoms with Gasteiger partial charge in [0, 0.05) is 22.5 Å². The summed E-state index contributed by atoms with van der Waals surface area (Å²) < 4.78 is 0. The third kappa shape index (κ3) is 6.18. The first-order chi connectivity index (χ1) is 17.8. The molecule has 2 aromatic rings. The van der Waals surface area contributed by atoms with Gasteiger partial charge in [-0.3, -0.25) is 9.59 Å². The maximum atomic E-state index is 14.0. The van der Waals surface area contributed by atoms with E-state index in [4.69, 9.17) is 41.2 Å². The van der Waals surface area contributed by atoms with Crippen LogP contribution in [-0.4, -0.2) is 50.6 Å². The molecule has 1 aromatic heterocycles. The molecule has 38 heavy (non-hydrogen) atoms. The first-order valence-corrected chi connectivity index (χ1v) is 13.9. The summed E-state index contributed by atoms with van der Waals surface area (Å²) in [4.78, 5) is 42.6. The van der Waals surface area contributed by atoms with Gasteiger partial charge in [0.15, 0.2) is 0 Å². The minimum absolute atomic E-state index is 0.0319. The zero-order valence-electron chi connectivity index (χ0n) is 21.9. The maximum Gasteiger partial charge on any atom is 0.405 e. The molecule has 3 rings (SSSR count). The molecule has 1 aliphatic rings. The Morgan fingerprint density at radius 1 is 1.13 bits per heavy atom. The van der Waals surface area contributed by atoms with Crippen LogP contribution < -0.4 is 21.7 Å². The van der Waals surface area contributed by atoms with Gasteiger partial charge < -0.3 is 31.8 Å². The van der Waals surface area contributed by atoms with Crippen LogP contribution in [0.5, 0.6) is 0 Å². The number of aromatic nitrogens is 1. The number of benzene rings is 1. The Kier molecular flexibility index (Phi) is 9.54. The first-order valence-electron chi connectivity index (χ1n) is 12.7. The molecule has 208 valence electrons. The summed E-state index contributed by atoms with van der Waals surface area (Å²) in [6.45, 7) is 7.55. The molecule has 7 N–H and O–H groups in total. The van der Waals surface area contributed by atoms with E-state index >= 15 is 0 Å². The summed E-state index contributed by atoms with van der Waals surface area (Å²) >= 11 is 18.0. The Balaban J connectivity index is 2.08. The van der Waals surface area contributed by atoms with Crippen LogP contribution in [0.3, 0.4) is 0 Å². The maximum absolute atomic E-state index is 14.0. The van der Waals surface area contributed by atoms with E-state index in [9.17, 15) is 19.5 Å². The molecule has 0 fully saturated rings. The summed E-state index contributed by atoms with van der Waals surface area (Å²) in [6.07, 6.45) is 0.804. The molecule has 3 amide bonds. The van der Waals surface area contributed by atoms with Crippen LogP contribution in [0.1, 0.15) is 58.2 Å². The number of halogens is 2. The van der Waals surface area contributed by atoms with Crippen LogP contribution in [-0.2, 0) is 22.4 Å². The number of fused-ring (bicyclic) bond motifs is 3. The van der Waals surface area contributed by atoms with Gasteiger partial charge in [0.25, 0.3) is 0 Å². The SMILES string of the molecule is CCC(C)C(NC(=O)O)C(=O)N[C@]1(C(=O)N[C@H](C(N)=S)[C@@H](C)CC)CCc2[nH]c3c(Cl)cc(Cl)cc3c2C1. The largest absolute Gasteiger partial charge is 0.465 e. The van der Waals surface area contributed by atoms with Crippen molar-refractivity contribution in [2.75, 3.05) is 0 Å². The van der Waals surface area contributed by atoms with Crippen molar-refractivity contribution in [2.45, 2.75) is 77.4 Å². The third-order valence-corrected chi connectivity index (χ3v) is 8.45. The average molecular weight is 585 g/mol. The quantitative estimate of drug-likeness (QED) is 0.229. The number of aryl methyl sites for hydroxylation is 1. The summed E-state index contributed by atoms with van der Waals surface area (Å²) in [5, 5.41) is 19.3. The Bertz CT molecular complexity index is 1250. The van der Waals surface area contributed by atoms with Crippen molar-refractivity contribution in [1.29, 1.82) is 0 Å². The number of aromatic amines is 1. The lowest BCUT2D eigenvalue weighted by Crippen LogP contribution is -2.67. The van der Waals surface area contributed by atoms with Gasteiger partial charge in [0.2, 0.25) is 11.8 Å². The third-order valence-electron chi connectivity index (χ3n) is 7.68. The number of carbonyl (C=O) groups is 3. The fourth-order valence-corrected chi connectivity index (χ4v) is 5.82. The van der Waals surface area contributed by atoms with Gasteiger partial charge in [-0.25, -0.2) is 4.79 Å². The number of carbonyl (C=O) groups excluding carboxylic acids is 2. The second-order valence-electron chi connectivity index (χ2n) is 10.2. The number of hydrogen-bond donors (Lipinski definition) is 6. The van der Waals surface area contributed by atoms with Crippen LogP contribution in [0.4, 0.5) is 4.79 Å². The van der Waals surface area contributed by atoms with E-state index in [1.165, 1.54) is 0 Å².